The summed E-state index contributed by atoms with van der Waals surface area (Å²) in [6, 6.07) is 1.41. The fourth-order valence-corrected chi connectivity index (χ4v) is 3.92. The van der Waals surface area contributed by atoms with Crippen molar-refractivity contribution in [3.63, 3.8) is 0 Å². The van der Waals surface area contributed by atoms with Crippen molar-refractivity contribution in [2.24, 2.45) is 0 Å². The van der Waals surface area contributed by atoms with E-state index < -0.39 is 16.0 Å². The summed E-state index contributed by atoms with van der Waals surface area (Å²) in [6.07, 6.45) is 3.28. The molecule has 2 N–H and O–H groups in total. The van der Waals surface area contributed by atoms with E-state index in [1.165, 1.54) is 16.6 Å². The van der Waals surface area contributed by atoms with E-state index in [2.05, 4.69) is 5.32 Å². The second kappa shape index (κ2) is 4.87. The molecule has 3 rings (SSSR count). The van der Waals surface area contributed by atoms with E-state index in [-0.39, 0.29) is 16.6 Å². The number of hydrogen-bond donors (Lipinski definition) is 2. The highest BCUT2D eigenvalue weighted by Gasteiger charge is 2.33. The van der Waals surface area contributed by atoms with Crippen LogP contribution in [0.1, 0.15) is 29.4 Å². The number of aromatic carboxylic acids is 1. The number of aromatic nitrogens is 1. The zero-order valence-electron chi connectivity index (χ0n) is 10.9. The highest BCUT2D eigenvalue weighted by Crippen LogP contribution is 2.37. The number of carbonyl (C=O) groups is 1. The molecule has 0 bridgehead atoms. The Kier molecular flexibility index (Phi) is 3.31. The van der Waals surface area contributed by atoms with Crippen molar-refractivity contribution in [2.45, 2.75) is 23.8 Å². The van der Waals surface area contributed by atoms with E-state index in [9.17, 15) is 18.3 Å². The van der Waals surface area contributed by atoms with E-state index in [1.807, 2.05) is 0 Å². The van der Waals surface area contributed by atoms with E-state index in [4.69, 9.17) is 0 Å². The molecule has 0 atom stereocenters. The Labute approximate surface area is 117 Å². The van der Waals surface area contributed by atoms with Crippen LogP contribution in [0.3, 0.4) is 0 Å². The minimum absolute atomic E-state index is 0.0567. The highest BCUT2D eigenvalue weighted by atomic mass is 32.2. The van der Waals surface area contributed by atoms with Crippen LogP contribution < -0.4 is 5.32 Å². The van der Waals surface area contributed by atoms with Gasteiger partial charge in [-0.2, -0.15) is 4.31 Å². The van der Waals surface area contributed by atoms with E-state index in [0.29, 0.717) is 26.2 Å². The normalized spacial score (nSPS) is 21.0. The average Bonchev–Trinajstić information content (AvgIpc) is 3.17. The van der Waals surface area contributed by atoms with E-state index in [0.717, 1.165) is 12.8 Å². The van der Waals surface area contributed by atoms with Crippen LogP contribution in [-0.2, 0) is 10.0 Å². The summed E-state index contributed by atoms with van der Waals surface area (Å²) in [5, 5.41) is 12.3. The van der Waals surface area contributed by atoms with Gasteiger partial charge in [-0.3, -0.25) is 0 Å². The molecule has 2 heterocycles. The highest BCUT2D eigenvalue weighted by molar-refractivity contribution is 7.89. The number of carboxylic acid groups (broad SMARTS) is 1. The maximum absolute atomic E-state index is 12.5. The lowest BCUT2D eigenvalue weighted by atomic mass is 10.4. The molecule has 8 heteroatoms. The van der Waals surface area contributed by atoms with Crippen molar-refractivity contribution >= 4 is 16.0 Å². The molecule has 20 heavy (non-hydrogen) atoms. The van der Waals surface area contributed by atoms with Crippen LogP contribution in [0.5, 0.6) is 0 Å². The Bertz CT molecular complexity index is 627. The monoisotopic (exact) mass is 299 g/mol. The molecule has 1 aliphatic carbocycles. The topological polar surface area (TPSA) is 91.6 Å². The molecule has 0 aromatic carbocycles. The molecule has 2 aliphatic rings. The quantitative estimate of drug-likeness (QED) is 0.823. The molecule has 1 aromatic rings. The number of rotatable bonds is 4. The van der Waals surface area contributed by atoms with Gasteiger partial charge in [-0.25, -0.2) is 13.2 Å². The molecule has 1 saturated heterocycles. The molecular weight excluding hydrogens is 282 g/mol. The maximum atomic E-state index is 12.5. The third-order valence-electron chi connectivity index (χ3n) is 3.70. The molecule has 1 aliphatic heterocycles. The first-order valence-corrected chi connectivity index (χ1v) is 8.10. The molecule has 110 valence electrons. The minimum atomic E-state index is -3.59. The fraction of sp³-hybridized carbons (Fsp3) is 0.583. The third kappa shape index (κ3) is 2.34. The number of piperazine rings is 1. The zero-order valence-corrected chi connectivity index (χ0v) is 11.8. The molecule has 0 amide bonds. The molecule has 0 radical (unpaired) electrons. The maximum Gasteiger partial charge on any atom is 0.352 e. The van der Waals surface area contributed by atoms with Crippen LogP contribution in [0.15, 0.2) is 17.2 Å². The SMILES string of the molecule is O=C(O)c1cc(S(=O)(=O)N2CCNCC2)cn1C1CC1. The van der Waals surface area contributed by atoms with Gasteiger partial charge < -0.3 is 15.0 Å². The number of sulfonamides is 1. The Morgan fingerprint density at radius 3 is 2.50 bits per heavy atom. The van der Waals surface area contributed by atoms with Crippen molar-refractivity contribution in [3.8, 4) is 0 Å². The van der Waals surface area contributed by atoms with Gasteiger partial charge in [-0.1, -0.05) is 0 Å². The first-order valence-electron chi connectivity index (χ1n) is 6.66. The summed E-state index contributed by atoms with van der Waals surface area (Å²) in [5.41, 5.74) is 0.0567. The summed E-state index contributed by atoms with van der Waals surface area (Å²) in [6.45, 7) is 2.07. The van der Waals surface area contributed by atoms with Gasteiger partial charge in [0.2, 0.25) is 10.0 Å². The van der Waals surface area contributed by atoms with Crippen molar-refractivity contribution < 1.29 is 18.3 Å². The van der Waals surface area contributed by atoms with Crippen molar-refractivity contribution in [1.29, 1.82) is 0 Å². The van der Waals surface area contributed by atoms with Gasteiger partial charge >= 0.3 is 5.97 Å². The number of nitrogens with one attached hydrogen (secondary N) is 1. The lowest BCUT2D eigenvalue weighted by Crippen LogP contribution is -2.46. The Hall–Kier alpha value is -1.38. The zero-order chi connectivity index (χ0) is 14.3. The molecule has 0 spiro atoms. The first-order chi connectivity index (χ1) is 9.50. The van der Waals surface area contributed by atoms with Gasteiger partial charge in [0.15, 0.2) is 0 Å². The van der Waals surface area contributed by atoms with Crippen molar-refractivity contribution in [1.82, 2.24) is 14.2 Å². The second-order valence-corrected chi connectivity index (χ2v) is 7.10. The number of hydrogen-bond acceptors (Lipinski definition) is 4. The average molecular weight is 299 g/mol. The smallest absolute Gasteiger partial charge is 0.352 e. The Morgan fingerprint density at radius 1 is 1.30 bits per heavy atom. The van der Waals surface area contributed by atoms with Crippen LogP contribution in [0.25, 0.3) is 0 Å². The Morgan fingerprint density at radius 2 is 1.95 bits per heavy atom. The van der Waals surface area contributed by atoms with Crippen LogP contribution in [0, 0.1) is 0 Å². The standard InChI is InChI=1S/C12H17N3O4S/c16-12(17)11-7-10(8-15(11)9-1-2-9)20(18,19)14-5-3-13-4-6-14/h7-9,13H,1-6H2,(H,16,17). The molecule has 7 nitrogen and oxygen atoms in total. The number of nitrogens with zero attached hydrogens (tertiary/aromatic N) is 2. The summed E-state index contributed by atoms with van der Waals surface area (Å²) in [5.74, 6) is -1.08. The fourth-order valence-electron chi connectivity index (χ4n) is 2.45. The van der Waals surface area contributed by atoms with Gasteiger partial charge in [0.1, 0.15) is 10.6 Å². The predicted molar refractivity (Wildman–Crippen MR) is 71.3 cm³/mol. The van der Waals surface area contributed by atoms with Gasteiger partial charge in [-0.15, -0.1) is 0 Å². The lowest BCUT2D eigenvalue weighted by Gasteiger charge is -2.26. The van der Waals surface area contributed by atoms with Crippen LogP contribution in [0.2, 0.25) is 0 Å². The predicted octanol–water partition coefficient (Wildman–Crippen LogP) is 0.115. The van der Waals surface area contributed by atoms with Gasteiger partial charge in [0.05, 0.1) is 0 Å². The van der Waals surface area contributed by atoms with Gasteiger partial charge in [0, 0.05) is 38.4 Å². The van der Waals surface area contributed by atoms with Crippen LogP contribution in [-0.4, -0.2) is 54.5 Å². The van der Waals surface area contributed by atoms with Gasteiger partial charge in [-0.05, 0) is 18.9 Å². The summed E-state index contributed by atoms with van der Waals surface area (Å²) >= 11 is 0. The van der Waals surface area contributed by atoms with Crippen LogP contribution in [0.4, 0.5) is 0 Å². The first kappa shape index (κ1) is 13.6. The minimum Gasteiger partial charge on any atom is -0.477 e. The molecule has 2 fully saturated rings. The summed E-state index contributed by atoms with van der Waals surface area (Å²) in [4.78, 5) is 11.3. The lowest BCUT2D eigenvalue weighted by molar-refractivity contribution is 0.0685. The molecular formula is C12H17N3O4S. The number of carboxylic acids is 1. The Balaban J connectivity index is 1.96. The van der Waals surface area contributed by atoms with Crippen LogP contribution >= 0.6 is 0 Å². The second-order valence-electron chi connectivity index (χ2n) is 5.16. The molecule has 1 aromatic heterocycles. The molecule has 1 saturated carbocycles. The van der Waals surface area contributed by atoms with Crippen molar-refractivity contribution in [2.75, 3.05) is 26.2 Å². The molecule has 0 unspecified atom stereocenters. The summed E-state index contributed by atoms with van der Waals surface area (Å²) in [7, 11) is -3.59. The van der Waals surface area contributed by atoms with E-state index in [1.54, 1.807) is 4.57 Å². The van der Waals surface area contributed by atoms with Gasteiger partial charge in [0.25, 0.3) is 0 Å². The summed E-state index contributed by atoms with van der Waals surface area (Å²) < 4.78 is 28.0. The third-order valence-corrected chi connectivity index (χ3v) is 5.56. The van der Waals surface area contributed by atoms with Crippen molar-refractivity contribution in [3.05, 3.63) is 18.0 Å². The largest absolute Gasteiger partial charge is 0.477 e. The van der Waals surface area contributed by atoms with E-state index >= 15 is 0 Å².